The van der Waals surface area contributed by atoms with Crippen LogP contribution in [0.1, 0.15) is 47.1 Å². The lowest BCUT2D eigenvalue weighted by Gasteiger charge is -2.27. The number of rotatable bonds is 3. The van der Waals surface area contributed by atoms with E-state index in [1.807, 2.05) is 11.7 Å². The summed E-state index contributed by atoms with van der Waals surface area (Å²) in [6.07, 6.45) is 2.64. The molecule has 2 aliphatic rings. The van der Waals surface area contributed by atoms with Gasteiger partial charge in [0.15, 0.2) is 0 Å². The lowest BCUT2D eigenvalue weighted by atomic mass is 10.0. The first-order chi connectivity index (χ1) is 14.9. The SMILES string of the molecule is CCCC1CN(C)C(=O)c2c3c(nn2C1)CCN(C(=O)Nc1ccc(F)c(C#N)c1)C3. The molecule has 2 aromatic rings. The summed E-state index contributed by atoms with van der Waals surface area (Å²) in [6, 6.07) is 5.28. The van der Waals surface area contributed by atoms with Crippen LogP contribution in [0.15, 0.2) is 18.2 Å². The van der Waals surface area contributed by atoms with Crippen LogP contribution in [0.2, 0.25) is 0 Å². The number of fused-ring (bicyclic) bond motifs is 3. The molecule has 1 N–H and O–H groups in total. The Morgan fingerprint density at radius 3 is 2.94 bits per heavy atom. The van der Waals surface area contributed by atoms with Gasteiger partial charge in [0.2, 0.25) is 0 Å². The molecule has 1 unspecified atom stereocenters. The van der Waals surface area contributed by atoms with E-state index in [4.69, 9.17) is 10.4 Å². The number of carbonyl (C=O) groups is 2. The average molecular weight is 424 g/mol. The molecular weight excluding hydrogens is 399 g/mol. The number of aromatic nitrogens is 2. The number of anilines is 1. The van der Waals surface area contributed by atoms with E-state index in [0.29, 0.717) is 43.4 Å². The fraction of sp³-hybridized carbons (Fsp3) is 0.455. The van der Waals surface area contributed by atoms with Gasteiger partial charge in [0, 0.05) is 44.4 Å². The van der Waals surface area contributed by atoms with Crippen molar-refractivity contribution < 1.29 is 14.0 Å². The summed E-state index contributed by atoms with van der Waals surface area (Å²) >= 11 is 0. The number of nitrogens with zero attached hydrogens (tertiary/aromatic N) is 5. The predicted octanol–water partition coefficient (Wildman–Crippen LogP) is 2.99. The van der Waals surface area contributed by atoms with Crippen molar-refractivity contribution in [1.82, 2.24) is 19.6 Å². The van der Waals surface area contributed by atoms with Crippen molar-refractivity contribution >= 4 is 17.6 Å². The van der Waals surface area contributed by atoms with Gasteiger partial charge >= 0.3 is 6.03 Å². The molecule has 9 heteroatoms. The number of benzene rings is 1. The number of carbonyl (C=O) groups excluding carboxylic acids is 2. The van der Waals surface area contributed by atoms with Crippen LogP contribution in [0.4, 0.5) is 14.9 Å². The summed E-state index contributed by atoms with van der Waals surface area (Å²) in [6.45, 7) is 4.27. The third-order valence-corrected chi connectivity index (χ3v) is 5.94. The van der Waals surface area contributed by atoms with Gasteiger partial charge in [-0.25, -0.2) is 9.18 Å². The number of nitriles is 1. The molecule has 0 spiro atoms. The Morgan fingerprint density at radius 2 is 2.19 bits per heavy atom. The summed E-state index contributed by atoms with van der Waals surface area (Å²) in [7, 11) is 1.81. The maximum atomic E-state index is 13.5. The van der Waals surface area contributed by atoms with Crippen molar-refractivity contribution in [3.63, 3.8) is 0 Å². The van der Waals surface area contributed by atoms with Gasteiger partial charge in [-0.2, -0.15) is 10.4 Å². The van der Waals surface area contributed by atoms with E-state index >= 15 is 0 Å². The molecule has 0 fully saturated rings. The molecule has 3 amide bonds. The lowest BCUT2D eigenvalue weighted by molar-refractivity contribution is 0.0777. The summed E-state index contributed by atoms with van der Waals surface area (Å²) in [4.78, 5) is 29.3. The lowest BCUT2D eigenvalue weighted by Crippen LogP contribution is -2.39. The quantitative estimate of drug-likeness (QED) is 0.820. The molecule has 8 nitrogen and oxygen atoms in total. The largest absolute Gasteiger partial charge is 0.340 e. The minimum absolute atomic E-state index is 0.0631. The molecule has 0 saturated heterocycles. The highest BCUT2D eigenvalue weighted by molar-refractivity contribution is 5.95. The molecule has 0 aliphatic carbocycles. The monoisotopic (exact) mass is 424 g/mol. The molecule has 2 aliphatic heterocycles. The van der Waals surface area contributed by atoms with Crippen LogP contribution in [0.3, 0.4) is 0 Å². The number of amides is 3. The summed E-state index contributed by atoms with van der Waals surface area (Å²) < 4.78 is 15.4. The normalized spacial score (nSPS) is 18.1. The van der Waals surface area contributed by atoms with Crippen LogP contribution in [0.25, 0.3) is 0 Å². The number of nitrogens with one attached hydrogen (secondary N) is 1. The van der Waals surface area contributed by atoms with Gasteiger partial charge in [0.05, 0.1) is 17.8 Å². The summed E-state index contributed by atoms with van der Waals surface area (Å²) in [5.41, 5.74) is 2.46. The van der Waals surface area contributed by atoms with E-state index in [-0.39, 0.29) is 24.0 Å². The Kier molecular flexibility index (Phi) is 5.63. The molecule has 1 aromatic heterocycles. The predicted molar refractivity (Wildman–Crippen MR) is 112 cm³/mol. The van der Waals surface area contributed by atoms with Gasteiger partial charge in [-0.1, -0.05) is 13.3 Å². The van der Waals surface area contributed by atoms with E-state index < -0.39 is 5.82 Å². The Labute approximate surface area is 180 Å². The van der Waals surface area contributed by atoms with E-state index in [2.05, 4.69) is 12.2 Å². The van der Waals surface area contributed by atoms with Crippen molar-refractivity contribution in [3.05, 3.63) is 46.5 Å². The molecule has 3 heterocycles. The zero-order chi connectivity index (χ0) is 22.1. The second kappa shape index (κ2) is 8.38. The molecule has 4 rings (SSSR count). The maximum absolute atomic E-state index is 13.5. The fourth-order valence-corrected chi connectivity index (χ4v) is 4.41. The Bertz CT molecular complexity index is 1070. The summed E-state index contributed by atoms with van der Waals surface area (Å²) in [5, 5.41) is 16.4. The van der Waals surface area contributed by atoms with Gasteiger partial charge in [0.25, 0.3) is 5.91 Å². The van der Waals surface area contributed by atoms with Crippen LogP contribution >= 0.6 is 0 Å². The van der Waals surface area contributed by atoms with Crippen LogP contribution < -0.4 is 5.32 Å². The first-order valence-electron chi connectivity index (χ1n) is 10.5. The van der Waals surface area contributed by atoms with Crippen LogP contribution in [-0.4, -0.2) is 51.7 Å². The number of hydrogen-bond donors (Lipinski definition) is 1. The van der Waals surface area contributed by atoms with Crippen molar-refractivity contribution in [1.29, 1.82) is 5.26 Å². The minimum atomic E-state index is -0.630. The minimum Gasteiger partial charge on any atom is -0.340 e. The average Bonchev–Trinajstić information content (AvgIpc) is 3.05. The van der Waals surface area contributed by atoms with Crippen LogP contribution in [0.5, 0.6) is 0 Å². The summed E-state index contributed by atoms with van der Waals surface area (Å²) in [5.74, 6) is -0.338. The molecule has 31 heavy (non-hydrogen) atoms. The zero-order valence-electron chi connectivity index (χ0n) is 17.7. The van der Waals surface area contributed by atoms with E-state index in [1.54, 1.807) is 15.9 Å². The molecule has 1 aromatic carbocycles. The van der Waals surface area contributed by atoms with Gasteiger partial charge in [-0.15, -0.1) is 0 Å². The highest BCUT2D eigenvalue weighted by atomic mass is 19.1. The van der Waals surface area contributed by atoms with Gasteiger partial charge < -0.3 is 15.1 Å². The van der Waals surface area contributed by atoms with Crippen molar-refractivity contribution in [2.24, 2.45) is 5.92 Å². The number of halogens is 1. The van der Waals surface area contributed by atoms with E-state index in [9.17, 15) is 14.0 Å². The number of urea groups is 1. The Hall–Kier alpha value is -3.41. The molecule has 0 bridgehead atoms. The zero-order valence-corrected chi connectivity index (χ0v) is 17.7. The highest BCUT2D eigenvalue weighted by Gasteiger charge is 2.34. The van der Waals surface area contributed by atoms with Crippen LogP contribution in [-0.2, 0) is 19.5 Å². The molecular formula is C22H25FN6O2. The molecule has 0 radical (unpaired) electrons. The van der Waals surface area contributed by atoms with Crippen molar-refractivity contribution in [2.75, 3.05) is 25.5 Å². The third-order valence-electron chi connectivity index (χ3n) is 5.94. The van der Waals surface area contributed by atoms with Gasteiger partial charge in [-0.05, 0) is 30.5 Å². The smallest absolute Gasteiger partial charge is 0.322 e. The molecule has 0 saturated carbocycles. The second-order valence-electron chi connectivity index (χ2n) is 8.20. The maximum Gasteiger partial charge on any atom is 0.322 e. The fourth-order valence-electron chi connectivity index (χ4n) is 4.41. The highest BCUT2D eigenvalue weighted by Crippen LogP contribution is 2.28. The second-order valence-corrected chi connectivity index (χ2v) is 8.20. The van der Waals surface area contributed by atoms with Crippen molar-refractivity contribution in [3.8, 4) is 6.07 Å². The van der Waals surface area contributed by atoms with Gasteiger partial charge in [-0.3, -0.25) is 9.48 Å². The van der Waals surface area contributed by atoms with E-state index in [0.717, 1.165) is 30.2 Å². The van der Waals surface area contributed by atoms with Crippen molar-refractivity contribution in [2.45, 2.75) is 39.3 Å². The Balaban J connectivity index is 1.56. The molecule has 162 valence electrons. The van der Waals surface area contributed by atoms with Gasteiger partial charge in [0.1, 0.15) is 17.6 Å². The van der Waals surface area contributed by atoms with Crippen LogP contribution in [0, 0.1) is 23.1 Å². The standard InChI is InChI=1S/C22H25FN6O2/c1-3-4-14-11-27(2)21(30)20-17-13-28(8-7-19(17)26-29(20)12-14)22(31)25-16-5-6-18(23)15(9-16)10-24/h5-6,9,14H,3-4,7-8,11-13H2,1-2H3,(H,25,31). The van der Waals surface area contributed by atoms with E-state index in [1.165, 1.54) is 12.1 Å². The number of hydrogen-bond acceptors (Lipinski definition) is 4. The topological polar surface area (TPSA) is 94.3 Å². The molecule has 1 atom stereocenters. The first kappa shape index (κ1) is 20.8. The third kappa shape index (κ3) is 3.98. The first-order valence-corrected chi connectivity index (χ1v) is 10.5. The Morgan fingerprint density at radius 1 is 1.39 bits per heavy atom.